The summed E-state index contributed by atoms with van der Waals surface area (Å²) in [5.74, 6) is -0.0560. The maximum atomic E-state index is 13.2. The van der Waals surface area contributed by atoms with Crippen LogP contribution in [0.4, 0.5) is 11.4 Å². The summed E-state index contributed by atoms with van der Waals surface area (Å²) in [7, 11) is -2.50. The van der Waals surface area contributed by atoms with Gasteiger partial charge in [-0.15, -0.1) is 0 Å². The Kier molecular flexibility index (Phi) is 5.60. The Labute approximate surface area is 180 Å². The molecule has 4 rings (SSSR count). The third kappa shape index (κ3) is 4.36. The largest absolute Gasteiger partial charge is 0.495 e. The summed E-state index contributed by atoms with van der Waals surface area (Å²) < 4.78 is 34.3. The molecule has 0 saturated carbocycles. The van der Waals surface area contributed by atoms with Crippen LogP contribution in [0.25, 0.3) is 10.8 Å². The molecule has 0 unspecified atom stereocenters. The summed E-state index contributed by atoms with van der Waals surface area (Å²) in [6.45, 7) is 0. The van der Waals surface area contributed by atoms with E-state index in [1.807, 2.05) is 36.4 Å². The number of rotatable bonds is 6. The Morgan fingerprint density at radius 2 is 1.55 bits per heavy atom. The zero-order chi connectivity index (χ0) is 21.8. The molecule has 156 valence electrons. The first-order chi connectivity index (χ1) is 15.0. The number of nitrogens with one attached hydrogen (secondary N) is 2. The lowest BCUT2D eigenvalue weighted by molar-refractivity contribution is 0.102. The summed E-state index contributed by atoms with van der Waals surface area (Å²) >= 11 is 0. The van der Waals surface area contributed by atoms with Gasteiger partial charge in [0, 0.05) is 16.6 Å². The monoisotopic (exact) mass is 432 g/mol. The molecule has 0 bridgehead atoms. The van der Waals surface area contributed by atoms with E-state index in [-0.39, 0.29) is 16.5 Å². The molecular formula is C24H20N2O4S. The van der Waals surface area contributed by atoms with Crippen LogP contribution in [0, 0.1) is 0 Å². The Balaban J connectivity index is 1.68. The smallest absolute Gasteiger partial charge is 0.262 e. The Bertz CT molecular complexity index is 1350. The van der Waals surface area contributed by atoms with Crippen molar-refractivity contribution < 1.29 is 17.9 Å². The fraction of sp³-hybridized carbons (Fsp3) is 0.0417. The highest BCUT2D eigenvalue weighted by molar-refractivity contribution is 7.93. The number of benzene rings is 4. The van der Waals surface area contributed by atoms with E-state index in [1.54, 1.807) is 48.5 Å². The van der Waals surface area contributed by atoms with Crippen molar-refractivity contribution in [1.82, 2.24) is 0 Å². The summed E-state index contributed by atoms with van der Waals surface area (Å²) in [6.07, 6.45) is 0. The van der Waals surface area contributed by atoms with Crippen LogP contribution < -0.4 is 14.8 Å². The van der Waals surface area contributed by atoms with Gasteiger partial charge in [-0.1, -0.05) is 54.6 Å². The molecule has 2 N–H and O–H groups in total. The molecule has 0 spiro atoms. The lowest BCUT2D eigenvalue weighted by Gasteiger charge is -2.15. The van der Waals surface area contributed by atoms with E-state index >= 15 is 0 Å². The molecule has 0 aliphatic heterocycles. The van der Waals surface area contributed by atoms with Crippen LogP contribution in [0.2, 0.25) is 0 Å². The predicted octanol–water partition coefficient (Wildman–Crippen LogP) is 4.90. The van der Waals surface area contributed by atoms with Gasteiger partial charge in [-0.3, -0.25) is 9.52 Å². The highest BCUT2D eigenvalue weighted by atomic mass is 32.2. The fourth-order valence-corrected chi connectivity index (χ4v) is 4.58. The zero-order valence-corrected chi connectivity index (χ0v) is 17.5. The summed E-state index contributed by atoms with van der Waals surface area (Å²) in [6, 6.07) is 25.9. The molecule has 0 fully saturated rings. The predicted molar refractivity (Wildman–Crippen MR) is 122 cm³/mol. The van der Waals surface area contributed by atoms with Crippen LogP contribution in [-0.2, 0) is 10.0 Å². The van der Waals surface area contributed by atoms with Crippen molar-refractivity contribution in [2.45, 2.75) is 4.90 Å². The van der Waals surface area contributed by atoms with E-state index in [0.717, 1.165) is 5.39 Å². The van der Waals surface area contributed by atoms with Crippen LogP contribution in [-0.4, -0.2) is 21.4 Å². The maximum absolute atomic E-state index is 13.2. The number of hydrogen-bond donors (Lipinski definition) is 2. The second kappa shape index (κ2) is 8.49. The van der Waals surface area contributed by atoms with E-state index in [1.165, 1.54) is 13.2 Å². The molecule has 4 aromatic carbocycles. The van der Waals surface area contributed by atoms with Crippen molar-refractivity contribution >= 4 is 38.1 Å². The Morgan fingerprint density at radius 1 is 0.839 bits per heavy atom. The molecule has 4 aromatic rings. The molecule has 0 radical (unpaired) electrons. The number of hydrogen-bond acceptors (Lipinski definition) is 4. The standard InChI is InChI=1S/C24H20N2O4S/c1-30-22-15-14-18(24(27)25-19-10-3-2-4-11-19)16-21(22)26-31(28,29)23-13-7-9-17-8-5-6-12-20(17)23/h2-16,26H,1H3,(H,25,27). The fourth-order valence-electron chi connectivity index (χ4n) is 3.28. The molecular weight excluding hydrogens is 412 g/mol. The molecule has 0 aliphatic rings. The van der Waals surface area contributed by atoms with Gasteiger partial charge in [0.05, 0.1) is 17.7 Å². The van der Waals surface area contributed by atoms with Gasteiger partial charge in [-0.2, -0.15) is 0 Å². The van der Waals surface area contributed by atoms with Crippen molar-refractivity contribution in [3.63, 3.8) is 0 Å². The summed E-state index contributed by atoms with van der Waals surface area (Å²) in [4.78, 5) is 12.8. The highest BCUT2D eigenvalue weighted by Crippen LogP contribution is 2.30. The second-order valence-electron chi connectivity index (χ2n) is 6.82. The van der Waals surface area contributed by atoms with Crippen molar-refractivity contribution in [3.8, 4) is 5.75 Å². The van der Waals surface area contributed by atoms with E-state index in [0.29, 0.717) is 22.4 Å². The number of sulfonamides is 1. The Hall–Kier alpha value is -3.84. The first kappa shape index (κ1) is 20.4. The average Bonchev–Trinajstić information content (AvgIpc) is 2.79. The number of carbonyl (C=O) groups excluding carboxylic acids is 1. The van der Waals surface area contributed by atoms with Gasteiger partial charge in [-0.05, 0) is 41.8 Å². The lowest BCUT2D eigenvalue weighted by atomic mass is 10.1. The van der Waals surface area contributed by atoms with Crippen molar-refractivity contribution in [2.75, 3.05) is 17.1 Å². The minimum Gasteiger partial charge on any atom is -0.495 e. The molecule has 0 atom stereocenters. The normalized spacial score (nSPS) is 11.1. The average molecular weight is 433 g/mol. The van der Waals surface area contributed by atoms with E-state index in [2.05, 4.69) is 10.0 Å². The first-order valence-electron chi connectivity index (χ1n) is 9.53. The topological polar surface area (TPSA) is 84.5 Å². The van der Waals surface area contributed by atoms with E-state index < -0.39 is 10.0 Å². The summed E-state index contributed by atoms with van der Waals surface area (Å²) in [5.41, 5.74) is 1.11. The van der Waals surface area contributed by atoms with Crippen LogP contribution >= 0.6 is 0 Å². The van der Waals surface area contributed by atoms with E-state index in [9.17, 15) is 13.2 Å². The lowest BCUT2D eigenvalue weighted by Crippen LogP contribution is -2.16. The summed E-state index contributed by atoms with van der Waals surface area (Å²) in [5, 5.41) is 4.20. The van der Waals surface area contributed by atoms with Crippen LogP contribution in [0.3, 0.4) is 0 Å². The number of para-hydroxylation sites is 1. The third-order valence-electron chi connectivity index (χ3n) is 4.78. The highest BCUT2D eigenvalue weighted by Gasteiger charge is 2.20. The number of methoxy groups -OCH3 is 1. The quantitative estimate of drug-likeness (QED) is 0.454. The molecule has 1 amide bonds. The van der Waals surface area contributed by atoms with Gasteiger partial charge in [0.1, 0.15) is 5.75 Å². The number of amides is 1. The maximum Gasteiger partial charge on any atom is 0.262 e. The molecule has 0 aromatic heterocycles. The van der Waals surface area contributed by atoms with Crippen molar-refractivity contribution in [2.24, 2.45) is 0 Å². The van der Waals surface area contributed by atoms with Gasteiger partial charge >= 0.3 is 0 Å². The molecule has 0 saturated heterocycles. The second-order valence-corrected chi connectivity index (χ2v) is 8.47. The van der Waals surface area contributed by atoms with Crippen LogP contribution in [0.15, 0.2) is 95.9 Å². The van der Waals surface area contributed by atoms with Gasteiger partial charge in [0.15, 0.2) is 0 Å². The number of ether oxygens (including phenoxy) is 1. The van der Waals surface area contributed by atoms with Crippen LogP contribution in [0.5, 0.6) is 5.75 Å². The SMILES string of the molecule is COc1ccc(C(=O)Nc2ccccc2)cc1NS(=O)(=O)c1cccc2ccccc12. The molecule has 0 heterocycles. The third-order valence-corrected chi connectivity index (χ3v) is 6.20. The van der Waals surface area contributed by atoms with Crippen LogP contribution in [0.1, 0.15) is 10.4 Å². The van der Waals surface area contributed by atoms with Gasteiger partial charge in [0.2, 0.25) is 0 Å². The molecule has 7 heteroatoms. The van der Waals surface area contributed by atoms with Gasteiger partial charge < -0.3 is 10.1 Å². The van der Waals surface area contributed by atoms with Crippen molar-refractivity contribution in [1.29, 1.82) is 0 Å². The van der Waals surface area contributed by atoms with Crippen molar-refractivity contribution in [3.05, 3.63) is 96.6 Å². The minimum absolute atomic E-state index is 0.145. The number of carbonyl (C=O) groups is 1. The first-order valence-corrected chi connectivity index (χ1v) is 11.0. The number of fused-ring (bicyclic) bond motifs is 1. The van der Waals surface area contributed by atoms with Gasteiger partial charge in [0.25, 0.3) is 15.9 Å². The molecule has 0 aliphatic carbocycles. The number of anilines is 2. The zero-order valence-electron chi connectivity index (χ0n) is 16.7. The van der Waals surface area contributed by atoms with E-state index in [4.69, 9.17) is 4.74 Å². The minimum atomic E-state index is -3.94. The molecule has 31 heavy (non-hydrogen) atoms. The Morgan fingerprint density at radius 3 is 2.32 bits per heavy atom. The van der Waals surface area contributed by atoms with Gasteiger partial charge in [-0.25, -0.2) is 8.42 Å². The molecule has 6 nitrogen and oxygen atoms in total.